The van der Waals surface area contributed by atoms with Crippen LogP contribution in [0.4, 0.5) is 0 Å². The molecule has 0 aromatic carbocycles. The fourth-order valence-corrected chi connectivity index (χ4v) is 3.41. The first-order valence-electron chi connectivity index (χ1n) is 9.31. The molecule has 27 heavy (non-hydrogen) atoms. The number of methoxy groups -OCH3 is 1. The van der Waals surface area contributed by atoms with Crippen molar-refractivity contribution in [2.24, 2.45) is 10.4 Å². The molecule has 1 amide bonds. The molecule has 7 nitrogen and oxygen atoms in total. The van der Waals surface area contributed by atoms with E-state index < -0.39 is 0 Å². The highest BCUT2D eigenvalue weighted by molar-refractivity contribution is 14.0. The van der Waals surface area contributed by atoms with Crippen LogP contribution >= 0.6 is 24.0 Å². The number of pyridine rings is 1. The molecular formula is C19H32IN5O2. The summed E-state index contributed by atoms with van der Waals surface area (Å²) in [5.74, 6) is 0.650. The number of halogens is 1. The largest absolute Gasteiger partial charge is 0.385 e. The van der Waals surface area contributed by atoms with Crippen LogP contribution in [0.1, 0.15) is 42.5 Å². The molecule has 1 heterocycles. The number of ether oxygens (including phenoxy) is 1. The van der Waals surface area contributed by atoms with E-state index in [0.29, 0.717) is 24.1 Å². The van der Waals surface area contributed by atoms with Gasteiger partial charge in [-0.2, -0.15) is 0 Å². The van der Waals surface area contributed by atoms with Crippen LogP contribution in [0, 0.1) is 5.41 Å². The molecule has 1 aliphatic rings. The molecule has 3 N–H and O–H groups in total. The number of nitrogens with one attached hydrogen (secondary N) is 3. The summed E-state index contributed by atoms with van der Waals surface area (Å²) in [7, 11) is 3.52. The van der Waals surface area contributed by atoms with Crippen molar-refractivity contribution in [2.75, 3.05) is 40.4 Å². The Morgan fingerprint density at radius 2 is 2.00 bits per heavy atom. The summed E-state index contributed by atoms with van der Waals surface area (Å²) in [5, 5.41) is 9.56. The van der Waals surface area contributed by atoms with Gasteiger partial charge in [-0.25, -0.2) is 0 Å². The third kappa shape index (κ3) is 8.00. The van der Waals surface area contributed by atoms with E-state index in [9.17, 15) is 4.79 Å². The zero-order valence-electron chi connectivity index (χ0n) is 16.3. The van der Waals surface area contributed by atoms with Crippen molar-refractivity contribution in [3.63, 3.8) is 0 Å². The summed E-state index contributed by atoms with van der Waals surface area (Å²) in [4.78, 5) is 20.2. The average Bonchev–Trinajstić information content (AvgIpc) is 3.15. The quantitative estimate of drug-likeness (QED) is 0.214. The predicted octanol–water partition coefficient (Wildman–Crippen LogP) is 2.19. The molecule has 0 unspecified atom stereocenters. The van der Waals surface area contributed by atoms with Gasteiger partial charge in [0.2, 0.25) is 0 Å². The van der Waals surface area contributed by atoms with Gasteiger partial charge in [0.05, 0.1) is 5.56 Å². The topological polar surface area (TPSA) is 87.6 Å². The van der Waals surface area contributed by atoms with Gasteiger partial charge in [-0.3, -0.25) is 14.8 Å². The minimum atomic E-state index is -0.118. The lowest BCUT2D eigenvalue weighted by Gasteiger charge is -2.30. The van der Waals surface area contributed by atoms with Crippen LogP contribution in [0.3, 0.4) is 0 Å². The molecule has 0 radical (unpaired) electrons. The monoisotopic (exact) mass is 489 g/mol. The van der Waals surface area contributed by atoms with Crippen molar-refractivity contribution < 1.29 is 9.53 Å². The van der Waals surface area contributed by atoms with Crippen LogP contribution in [0.5, 0.6) is 0 Å². The van der Waals surface area contributed by atoms with Crippen LogP contribution in [0.15, 0.2) is 29.5 Å². The van der Waals surface area contributed by atoms with Gasteiger partial charge in [-0.05, 0) is 36.8 Å². The minimum Gasteiger partial charge on any atom is -0.385 e. The third-order valence-electron chi connectivity index (χ3n) is 4.98. The summed E-state index contributed by atoms with van der Waals surface area (Å²) in [6.07, 6.45) is 9.34. The Labute approximate surface area is 179 Å². The number of nitrogens with zero attached hydrogens (tertiary/aromatic N) is 2. The lowest BCUT2D eigenvalue weighted by molar-refractivity contribution is 0.0954. The first-order valence-corrected chi connectivity index (χ1v) is 9.31. The zero-order chi connectivity index (χ0) is 18.7. The second-order valence-corrected chi connectivity index (χ2v) is 6.80. The first-order chi connectivity index (χ1) is 12.7. The Bertz CT molecular complexity index is 577. The van der Waals surface area contributed by atoms with Gasteiger partial charge >= 0.3 is 0 Å². The molecule has 1 aromatic rings. The Morgan fingerprint density at radius 3 is 2.63 bits per heavy atom. The van der Waals surface area contributed by atoms with E-state index in [2.05, 4.69) is 25.9 Å². The molecule has 0 bridgehead atoms. The highest BCUT2D eigenvalue weighted by atomic mass is 127. The standard InChI is InChI=1S/C19H31N5O2.HI/c1-20-18(24-15-19(9-13-26-2)7-3-4-8-19)23-12-11-22-17(25)16-6-5-10-21-14-16;/h5-6,10,14H,3-4,7-9,11-13,15H2,1-2H3,(H,22,25)(H2,20,23,24);1H. The van der Waals surface area contributed by atoms with Crippen LogP contribution in [0.25, 0.3) is 0 Å². The zero-order valence-corrected chi connectivity index (χ0v) is 18.6. The van der Waals surface area contributed by atoms with Gasteiger partial charge in [0.1, 0.15) is 0 Å². The third-order valence-corrected chi connectivity index (χ3v) is 4.98. The summed E-state index contributed by atoms with van der Waals surface area (Å²) in [5.41, 5.74) is 0.874. The lowest BCUT2D eigenvalue weighted by Crippen LogP contribution is -2.45. The molecule has 152 valence electrons. The lowest BCUT2D eigenvalue weighted by atomic mass is 9.83. The smallest absolute Gasteiger partial charge is 0.252 e. The maximum absolute atomic E-state index is 12.0. The number of carbonyl (C=O) groups excluding carboxylic acids is 1. The number of rotatable bonds is 9. The fourth-order valence-electron chi connectivity index (χ4n) is 3.41. The van der Waals surface area contributed by atoms with Gasteiger partial charge in [0.15, 0.2) is 5.96 Å². The van der Waals surface area contributed by atoms with Crippen molar-refractivity contribution in [3.8, 4) is 0 Å². The first kappa shape index (κ1) is 23.6. The minimum absolute atomic E-state index is 0. The number of carbonyl (C=O) groups is 1. The SMILES string of the molecule is CN=C(NCCNC(=O)c1cccnc1)NCC1(CCOC)CCCC1.I. The van der Waals surface area contributed by atoms with Gasteiger partial charge in [-0.1, -0.05) is 12.8 Å². The Hall–Kier alpha value is -1.42. The molecule has 2 rings (SSSR count). The van der Waals surface area contributed by atoms with Crippen molar-refractivity contribution in [1.29, 1.82) is 0 Å². The fraction of sp³-hybridized carbons (Fsp3) is 0.632. The molecule has 0 aliphatic heterocycles. The summed E-state index contributed by atoms with van der Waals surface area (Å²) in [6.45, 7) is 2.83. The van der Waals surface area contributed by atoms with Gasteiger partial charge < -0.3 is 20.7 Å². The molecule has 8 heteroatoms. The van der Waals surface area contributed by atoms with Crippen LogP contribution in [-0.4, -0.2) is 57.2 Å². The molecule has 1 fully saturated rings. The van der Waals surface area contributed by atoms with Gasteiger partial charge in [0.25, 0.3) is 5.91 Å². The molecule has 1 aliphatic carbocycles. The number of guanidine groups is 1. The molecule has 0 atom stereocenters. The Morgan fingerprint density at radius 1 is 1.26 bits per heavy atom. The van der Waals surface area contributed by atoms with E-state index >= 15 is 0 Å². The normalized spacial score (nSPS) is 15.7. The number of aliphatic imine (C=N–C) groups is 1. The Kier molecular flexibility index (Phi) is 11.3. The van der Waals surface area contributed by atoms with E-state index in [4.69, 9.17) is 4.74 Å². The van der Waals surface area contributed by atoms with Crippen LogP contribution < -0.4 is 16.0 Å². The van der Waals surface area contributed by atoms with Crippen molar-refractivity contribution in [2.45, 2.75) is 32.1 Å². The van der Waals surface area contributed by atoms with E-state index in [1.54, 1.807) is 38.7 Å². The number of aromatic nitrogens is 1. The number of hydrogen-bond donors (Lipinski definition) is 3. The summed E-state index contributed by atoms with van der Waals surface area (Å²) >= 11 is 0. The average molecular weight is 489 g/mol. The van der Waals surface area contributed by atoms with E-state index in [1.165, 1.54) is 25.7 Å². The highest BCUT2D eigenvalue weighted by Gasteiger charge is 2.33. The summed E-state index contributed by atoms with van der Waals surface area (Å²) in [6, 6.07) is 3.50. The maximum Gasteiger partial charge on any atom is 0.252 e. The predicted molar refractivity (Wildman–Crippen MR) is 119 cm³/mol. The van der Waals surface area contributed by atoms with Gasteiger partial charge in [0, 0.05) is 52.8 Å². The van der Waals surface area contributed by atoms with E-state index in [1.807, 2.05) is 0 Å². The number of hydrogen-bond acceptors (Lipinski definition) is 4. The molecule has 0 saturated heterocycles. The van der Waals surface area contributed by atoms with Gasteiger partial charge in [-0.15, -0.1) is 24.0 Å². The van der Waals surface area contributed by atoms with Crippen molar-refractivity contribution in [3.05, 3.63) is 30.1 Å². The Balaban J connectivity index is 0.00000364. The molecule has 1 aromatic heterocycles. The molecule has 0 spiro atoms. The highest BCUT2D eigenvalue weighted by Crippen LogP contribution is 2.40. The molecule has 1 saturated carbocycles. The van der Waals surface area contributed by atoms with Crippen LogP contribution in [-0.2, 0) is 4.74 Å². The maximum atomic E-state index is 12.0. The van der Waals surface area contributed by atoms with E-state index in [-0.39, 0.29) is 29.9 Å². The second-order valence-electron chi connectivity index (χ2n) is 6.80. The molecular weight excluding hydrogens is 457 g/mol. The van der Waals surface area contributed by atoms with E-state index in [0.717, 1.165) is 25.5 Å². The number of amides is 1. The van der Waals surface area contributed by atoms with Crippen molar-refractivity contribution >= 4 is 35.8 Å². The summed E-state index contributed by atoms with van der Waals surface area (Å²) < 4.78 is 5.28. The van der Waals surface area contributed by atoms with Crippen molar-refractivity contribution in [1.82, 2.24) is 20.9 Å². The second kappa shape index (κ2) is 12.9. The van der Waals surface area contributed by atoms with Crippen LogP contribution in [0.2, 0.25) is 0 Å².